The van der Waals surface area contributed by atoms with Gasteiger partial charge in [-0.05, 0) is 42.5 Å². The van der Waals surface area contributed by atoms with Crippen molar-refractivity contribution in [3.05, 3.63) is 69.9 Å². The second-order valence-electron chi connectivity index (χ2n) is 9.04. The van der Waals surface area contributed by atoms with Crippen LogP contribution in [-0.2, 0) is 11.0 Å². The Balaban J connectivity index is 1.59. The van der Waals surface area contributed by atoms with Gasteiger partial charge in [0.05, 0.1) is 30.8 Å². The van der Waals surface area contributed by atoms with E-state index in [-0.39, 0.29) is 34.5 Å². The number of benzene rings is 2. The number of carboxylic acid groups (broad SMARTS) is 1. The number of alkyl halides is 3. The molecule has 2 aliphatic heterocycles. The second-order valence-corrected chi connectivity index (χ2v) is 9.87. The Morgan fingerprint density at radius 3 is 2.36 bits per heavy atom. The van der Waals surface area contributed by atoms with Crippen molar-refractivity contribution in [2.24, 2.45) is 4.99 Å². The third-order valence-electron chi connectivity index (χ3n) is 6.73. The number of guanidine groups is 1. The van der Waals surface area contributed by atoms with Gasteiger partial charge >= 0.3 is 12.1 Å². The lowest BCUT2D eigenvalue weighted by Gasteiger charge is -2.44. The zero-order valence-electron chi connectivity index (χ0n) is 20.6. The van der Waals surface area contributed by atoms with Crippen LogP contribution in [0.25, 0.3) is 0 Å². The van der Waals surface area contributed by atoms with Gasteiger partial charge in [0.15, 0.2) is 0 Å². The molecule has 0 unspecified atom stereocenters. The van der Waals surface area contributed by atoms with E-state index >= 15 is 0 Å². The highest BCUT2D eigenvalue weighted by Crippen LogP contribution is 2.47. The van der Waals surface area contributed by atoms with Crippen molar-refractivity contribution in [2.75, 3.05) is 43.1 Å². The van der Waals surface area contributed by atoms with Gasteiger partial charge < -0.3 is 24.5 Å². The third kappa shape index (κ3) is 5.22. The van der Waals surface area contributed by atoms with E-state index in [0.29, 0.717) is 26.2 Å². The van der Waals surface area contributed by atoms with Gasteiger partial charge in [0.2, 0.25) is 11.1 Å². The Labute approximate surface area is 224 Å². The van der Waals surface area contributed by atoms with Crippen LogP contribution in [0.4, 0.5) is 39.0 Å². The molecule has 1 saturated heterocycles. The zero-order valence-corrected chi connectivity index (χ0v) is 21.4. The molecule has 0 spiro atoms. The Kier molecular flexibility index (Phi) is 7.10. The molecule has 2 aromatic carbocycles. The fraction of sp³-hybridized carbons (Fsp3) is 0.308. The van der Waals surface area contributed by atoms with Crippen LogP contribution in [-0.4, -0.2) is 55.2 Å². The first-order valence-electron chi connectivity index (χ1n) is 11.9. The Hall–Kier alpha value is -3.87. The minimum absolute atomic E-state index is 0.0237. The first-order valence-corrected chi connectivity index (χ1v) is 12.8. The van der Waals surface area contributed by atoms with Gasteiger partial charge in [-0.2, -0.15) is 17.6 Å². The van der Waals surface area contributed by atoms with Crippen LogP contribution >= 0.6 is 11.3 Å². The molecular formula is C26H23F5N4O3S. The number of carbonyl (C=O) groups is 1. The molecule has 2 aliphatic rings. The Morgan fingerprint density at radius 1 is 1.08 bits per heavy atom. The summed E-state index contributed by atoms with van der Waals surface area (Å²) < 4.78 is 74.8. The normalized spacial score (nSPS) is 17.6. The molecule has 3 heterocycles. The van der Waals surface area contributed by atoms with Crippen LogP contribution < -0.4 is 14.5 Å². The molecule has 1 aromatic heterocycles. The molecule has 0 saturated carbocycles. The number of hydrogen-bond acceptors (Lipinski definition) is 7. The van der Waals surface area contributed by atoms with Gasteiger partial charge in [-0.25, -0.2) is 9.38 Å². The molecule has 0 aliphatic carbocycles. The highest BCUT2D eigenvalue weighted by molar-refractivity contribution is 7.08. The molecular weight excluding hydrogens is 543 g/mol. The largest absolute Gasteiger partial charge is 0.495 e. The van der Waals surface area contributed by atoms with Gasteiger partial charge in [-0.15, -0.1) is 11.3 Å². The lowest BCUT2D eigenvalue weighted by molar-refractivity contribution is -0.138. The standard InChI is InChI=1S/C26H23F5N4O3S/c1-38-21-7-2-15(26(29,30)31)12-20(21)35-19(13-22(36)37)18-14-39-24(28)23(18)32-25(35)34-10-8-33(9-11-34)17-5-3-16(27)4-6-17/h2-7,12,14,19H,8-11,13H2,1H3,(H,36,37)/t19-/m0/s1. The first kappa shape index (κ1) is 26.7. The SMILES string of the molecule is COc1ccc(C(F)(F)F)cc1N1C(N2CCN(c3ccc(F)cc3)CC2)=Nc2c(csc2F)[C@@H]1CC(=O)O. The van der Waals surface area contributed by atoms with E-state index in [0.717, 1.165) is 29.2 Å². The molecule has 7 nitrogen and oxygen atoms in total. The maximum absolute atomic E-state index is 14.8. The number of aliphatic carboxylic acids is 1. The quantitative estimate of drug-likeness (QED) is 0.388. The molecule has 0 radical (unpaired) electrons. The first-order chi connectivity index (χ1) is 18.6. The summed E-state index contributed by atoms with van der Waals surface area (Å²) in [5, 5.41) is 10.6. The van der Waals surface area contributed by atoms with Crippen molar-refractivity contribution >= 4 is 40.3 Å². The number of methoxy groups -OCH3 is 1. The van der Waals surface area contributed by atoms with Crippen molar-refractivity contribution < 1.29 is 36.6 Å². The van der Waals surface area contributed by atoms with Gasteiger partial charge in [-0.3, -0.25) is 4.79 Å². The van der Waals surface area contributed by atoms with Gasteiger partial charge in [0.1, 0.15) is 17.3 Å². The summed E-state index contributed by atoms with van der Waals surface area (Å²) in [7, 11) is 1.30. The number of ether oxygens (including phenoxy) is 1. The van der Waals surface area contributed by atoms with E-state index in [1.165, 1.54) is 35.6 Å². The number of hydrogen-bond donors (Lipinski definition) is 1. The molecule has 3 aromatic rings. The molecule has 39 heavy (non-hydrogen) atoms. The van der Waals surface area contributed by atoms with Gasteiger partial charge in [-0.1, -0.05) is 0 Å². The van der Waals surface area contributed by atoms with E-state index < -0.39 is 35.3 Å². The monoisotopic (exact) mass is 566 g/mol. The summed E-state index contributed by atoms with van der Waals surface area (Å²) in [6.07, 6.45) is -5.19. The summed E-state index contributed by atoms with van der Waals surface area (Å²) in [6, 6.07) is 7.91. The minimum atomic E-state index is -4.67. The van der Waals surface area contributed by atoms with Crippen LogP contribution in [0.2, 0.25) is 0 Å². The molecule has 13 heteroatoms. The van der Waals surface area contributed by atoms with E-state index in [2.05, 4.69) is 4.99 Å². The number of aliphatic imine (C=N–C) groups is 1. The van der Waals surface area contributed by atoms with Crippen LogP contribution in [0, 0.1) is 10.9 Å². The average molecular weight is 567 g/mol. The van der Waals surface area contributed by atoms with Crippen molar-refractivity contribution in [2.45, 2.75) is 18.6 Å². The van der Waals surface area contributed by atoms with Crippen LogP contribution in [0.1, 0.15) is 23.6 Å². The maximum Gasteiger partial charge on any atom is 0.416 e. The molecule has 1 fully saturated rings. The summed E-state index contributed by atoms with van der Waals surface area (Å²) in [5.41, 5.74) is 0.0659. The molecule has 206 valence electrons. The number of rotatable bonds is 5. The van der Waals surface area contributed by atoms with Crippen LogP contribution in [0.5, 0.6) is 5.75 Å². The summed E-state index contributed by atoms with van der Waals surface area (Å²) in [6.45, 7) is 1.60. The Bertz CT molecular complexity index is 1400. The average Bonchev–Trinajstić information content (AvgIpc) is 3.28. The molecule has 5 rings (SSSR count). The Morgan fingerprint density at radius 2 is 1.74 bits per heavy atom. The number of anilines is 2. The van der Waals surface area contributed by atoms with Crippen molar-refractivity contribution in [3.8, 4) is 5.75 Å². The van der Waals surface area contributed by atoms with Crippen LogP contribution in [0.3, 0.4) is 0 Å². The molecule has 0 amide bonds. The van der Waals surface area contributed by atoms with E-state index in [1.54, 1.807) is 17.0 Å². The third-order valence-corrected chi connectivity index (χ3v) is 7.51. The smallest absolute Gasteiger partial charge is 0.416 e. The minimum Gasteiger partial charge on any atom is -0.495 e. The number of thiophene rings is 1. The van der Waals surface area contributed by atoms with E-state index in [4.69, 9.17) is 4.74 Å². The predicted octanol–water partition coefficient (Wildman–Crippen LogP) is 5.90. The lowest BCUT2D eigenvalue weighted by Crippen LogP contribution is -2.55. The number of carboxylic acids is 1. The highest BCUT2D eigenvalue weighted by Gasteiger charge is 2.41. The second kappa shape index (κ2) is 10.4. The van der Waals surface area contributed by atoms with E-state index in [1.807, 2.05) is 4.90 Å². The summed E-state index contributed by atoms with van der Waals surface area (Å²) in [5.74, 6) is -1.37. The predicted molar refractivity (Wildman–Crippen MR) is 137 cm³/mol. The molecule has 1 atom stereocenters. The lowest BCUT2D eigenvalue weighted by atomic mass is 10.00. The number of nitrogens with zero attached hydrogens (tertiary/aromatic N) is 4. The summed E-state index contributed by atoms with van der Waals surface area (Å²) in [4.78, 5) is 21.7. The highest BCUT2D eigenvalue weighted by atomic mass is 32.1. The fourth-order valence-corrected chi connectivity index (χ4v) is 5.63. The fourth-order valence-electron chi connectivity index (χ4n) is 4.85. The van der Waals surface area contributed by atoms with Gasteiger partial charge in [0, 0.05) is 42.8 Å². The molecule has 1 N–H and O–H groups in total. The summed E-state index contributed by atoms with van der Waals surface area (Å²) >= 11 is 0.751. The van der Waals surface area contributed by atoms with Crippen molar-refractivity contribution in [1.29, 1.82) is 0 Å². The van der Waals surface area contributed by atoms with Crippen molar-refractivity contribution in [3.63, 3.8) is 0 Å². The number of fused-ring (bicyclic) bond motifs is 1. The van der Waals surface area contributed by atoms with Crippen LogP contribution in [0.15, 0.2) is 52.8 Å². The van der Waals surface area contributed by atoms with E-state index in [9.17, 15) is 31.9 Å². The topological polar surface area (TPSA) is 68.6 Å². The van der Waals surface area contributed by atoms with Crippen molar-refractivity contribution in [1.82, 2.24) is 4.90 Å². The number of halogens is 5. The maximum atomic E-state index is 14.8. The number of piperazine rings is 1. The van der Waals surface area contributed by atoms with Gasteiger partial charge in [0.25, 0.3) is 0 Å². The zero-order chi connectivity index (χ0) is 27.9. The molecule has 0 bridgehead atoms.